The summed E-state index contributed by atoms with van der Waals surface area (Å²) in [7, 11) is 0. The third-order valence-corrected chi connectivity index (χ3v) is 5.65. The summed E-state index contributed by atoms with van der Waals surface area (Å²) in [6, 6.07) is 9.98. The molecule has 0 fully saturated rings. The maximum atomic E-state index is 12.8. The summed E-state index contributed by atoms with van der Waals surface area (Å²) in [6.07, 6.45) is 0.812. The number of furan rings is 1. The van der Waals surface area contributed by atoms with Crippen molar-refractivity contribution in [1.82, 2.24) is 14.8 Å². The van der Waals surface area contributed by atoms with E-state index in [0.717, 1.165) is 12.2 Å². The molecule has 11 heteroatoms. The number of nitrogen functional groups attached to an aromatic ring is 1. The number of nitrogens with one attached hydrogen (secondary N) is 1. The lowest BCUT2D eigenvalue weighted by molar-refractivity contribution is -0.116. The second-order valence-electron chi connectivity index (χ2n) is 7.07. The highest BCUT2D eigenvalue weighted by atomic mass is 32.2. The van der Waals surface area contributed by atoms with E-state index in [2.05, 4.69) is 15.5 Å². The van der Waals surface area contributed by atoms with E-state index in [1.165, 1.54) is 35.7 Å². The minimum atomic E-state index is -0.754. The van der Waals surface area contributed by atoms with Crippen LogP contribution in [0.15, 0.2) is 39.9 Å². The van der Waals surface area contributed by atoms with Gasteiger partial charge in [0.1, 0.15) is 17.9 Å². The number of nitrogens with zero attached hydrogens (tertiary/aromatic N) is 3. The Bertz CT molecular complexity index is 1160. The van der Waals surface area contributed by atoms with E-state index in [4.69, 9.17) is 14.9 Å². The number of aromatic nitrogens is 3. The zero-order valence-electron chi connectivity index (χ0n) is 18.6. The van der Waals surface area contributed by atoms with E-state index in [1.807, 2.05) is 30.3 Å². The number of hydrogen-bond acceptors (Lipinski definition) is 9. The number of aryl methyl sites for hydroxylation is 2. The van der Waals surface area contributed by atoms with E-state index in [-0.39, 0.29) is 47.7 Å². The second kappa shape index (κ2) is 10.8. The number of carbonyl (C=O) groups excluding carboxylic acids is 3. The SMILES string of the molecule is CCOC(=O)c1c(NC(=O)Cn2c(N)nnc2SCCc2ccccc2)oc(C)c1C(C)=O. The third-order valence-electron chi connectivity index (χ3n) is 4.68. The van der Waals surface area contributed by atoms with Crippen LogP contribution >= 0.6 is 11.8 Å². The van der Waals surface area contributed by atoms with Gasteiger partial charge in [0.05, 0.1) is 12.2 Å². The Morgan fingerprint density at radius 3 is 2.58 bits per heavy atom. The van der Waals surface area contributed by atoms with Crippen LogP contribution in [0.5, 0.6) is 0 Å². The first-order chi connectivity index (χ1) is 15.8. The average molecular weight is 472 g/mol. The van der Waals surface area contributed by atoms with E-state index in [0.29, 0.717) is 5.16 Å². The molecule has 2 heterocycles. The number of Topliss-reactive ketones (excluding diaryl/α,β-unsaturated/α-hetero) is 1. The smallest absolute Gasteiger partial charge is 0.344 e. The number of benzene rings is 1. The maximum absolute atomic E-state index is 12.8. The van der Waals surface area contributed by atoms with Gasteiger partial charge in [0.2, 0.25) is 17.7 Å². The van der Waals surface area contributed by atoms with Crippen LogP contribution in [-0.2, 0) is 22.5 Å². The van der Waals surface area contributed by atoms with E-state index >= 15 is 0 Å². The predicted octanol–water partition coefficient (Wildman–Crippen LogP) is 3.11. The summed E-state index contributed by atoms with van der Waals surface area (Å²) >= 11 is 1.42. The Morgan fingerprint density at radius 2 is 1.91 bits per heavy atom. The van der Waals surface area contributed by atoms with Gasteiger partial charge in [-0.3, -0.25) is 19.5 Å². The first-order valence-electron chi connectivity index (χ1n) is 10.3. The molecule has 0 bridgehead atoms. The first kappa shape index (κ1) is 24.1. The van der Waals surface area contributed by atoms with Crippen molar-refractivity contribution in [1.29, 1.82) is 0 Å². The van der Waals surface area contributed by atoms with Crippen molar-refractivity contribution in [3.05, 3.63) is 52.8 Å². The number of amides is 1. The highest BCUT2D eigenvalue weighted by molar-refractivity contribution is 7.99. The van der Waals surface area contributed by atoms with Gasteiger partial charge in [-0.1, -0.05) is 42.1 Å². The molecule has 3 N–H and O–H groups in total. The van der Waals surface area contributed by atoms with Crippen LogP contribution < -0.4 is 11.1 Å². The first-order valence-corrected chi connectivity index (χ1v) is 11.3. The Balaban J connectivity index is 1.73. The Morgan fingerprint density at radius 1 is 1.18 bits per heavy atom. The molecular weight excluding hydrogens is 446 g/mol. The molecule has 0 unspecified atom stereocenters. The molecule has 0 radical (unpaired) electrons. The number of ketones is 1. The lowest BCUT2D eigenvalue weighted by Gasteiger charge is -2.09. The molecule has 3 rings (SSSR count). The van der Waals surface area contributed by atoms with E-state index in [9.17, 15) is 14.4 Å². The van der Waals surface area contributed by atoms with Crippen LogP contribution in [0.4, 0.5) is 11.8 Å². The zero-order chi connectivity index (χ0) is 24.0. The summed E-state index contributed by atoms with van der Waals surface area (Å²) in [5.41, 5.74) is 7.06. The lowest BCUT2D eigenvalue weighted by atomic mass is 10.1. The molecular formula is C22H25N5O5S. The van der Waals surface area contributed by atoms with Gasteiger partial charge in [-0.2, -0.15) is 0 Å². The van der Waals surface area contributed by atoms with Gasteiger partial charge < -0.3 is 14.9 Å². The zero-order valence-corrected chi connectivity index (χ0v) is 19.4. The normalized spacial score (nSPS) is 10.8. The molecule has 10 nitrogen and oxygen atoms in total. The van der Waals surface area contributed by atoms with Gasteiger partial charge >= 0.3 is 5.97 Å². The van der Waals surface area contributed by atoms with Crippen LogP contribution in [0, 0.1) is 6.92 Å². The van der Waals surface area contributed by atoms with Gasteiger partial charge in [-0.25, -0.2) is 4.79 Å². The summed E-state index contributed by atoms with van der Waals surface area (Å²) < 4.78 is 12.0. The molecule has 1 aromatic carbocycles. The van der Waals surface area contributed by atoms with Gasteiger partial charge in [-0.15, -0.1) is 10.2 Å². The van der Waals surface area contributed by atoms with E-state index < -0.39 is 11.9 Å². The van der Waals surface area contributed by atoms with Crippen LogP contribution in [-0.4, -0.2) is 44.8 Å². The fraction of sp³-hybridized carbons (Fsp3) is 0.318. The van der Waals surface area contributed by atoms with Crippen LogP contribution in [0.1, 0.15) is 45.9 Å². The van der Waals surface area contributed by atoms with Crippen molar-refractivity contribution >= 4 is 41.3 Å². The third kappa shape index (κ3) is 5.80. The average Bonchev–Trinajstić information content (AvgIpc) is 3.28. The molecule has 0 aliphatic heterocycles. The molecule has 174 valence electrons. The molecule has 3 aromatic rings. The van der Waals surface area contributed by atoms with Gasteiger partial charge in [0.25, 0.3) is 0 Å². The molecule has 2 aromatic heterocycles. The van der Waals surface area contributed by atoms with E-state index in [1.54, 1.807) is 6.92 Å². The highest BCUT2D eigenvalue weighted by Gasteiger charge is 2.29. The topological polar surface area (TPSA) is 142 Å². The van der Waals surface area contributed by atoms with Crippen molar-refractivity contribution in [3.8, 4) is 0 Å². The fourth-order valence-electron chi connectivity index (χ4n) is 3.22. The van der Waals surface area contributed by atoms with Crippen molar-refractivity contribution < 1.29 is 23.5 Å². The number of esters is 1. The predicted molar refractivity (Wildman–Crippen MR) is 123 cm³/mol. The molecule has 0 aliphatic rings. The minimum Gasteiger partial charge on any atom is -0.462 e. The Kier molecular flexibility index (Phi) is 7.88. The number of hydrogen-bond donors (Lipinski definition) is 2. The van der Waals surface area contributed by atoms with Crippen LogP contribution in [0.2, 0.25) is 0 Å². The molecule has 0 spiro atoms. The van der Waals surface area contributed by atoms with Gasteiger partial charge in [0, 0.05) is 5.75 Å². The molecule has 0 saturated heterocycles. The maximum Gasteiger partial charge on any atom is 0.344 e. The van der Waals surface area contributed by atoms with Crippen molar-refractivity contribution in [2.45, 2.75) is 38.9 Å². The summed E-state index contributed by atoms with van der Waals surface area (Å²) in [5.74, 6) is -0.793. The summed E-state index contributed by atoms with van der Waals surface area (Å²) in [5, 5.41) is 10.9. The van der Waals surface area contributed by atoms with Gasteiger partial charge in [-0.05, 0) is 32.8 Å². The number of thioether (sulfide) groups is 1. The Hall–Kier alpha value is -3.60. The largest absolute Gasteiger partial charge is 0.462 e. The molecule has 0 saturated carbocycles. The minimum absolute atomic E-state index is 0.0738. The highest BCUT2D eigenvalue weighted by Crippen LogP contribution is 2.29. The van der Waals surface area contributed by atoms with Crippen molar-refractivity contribution in [2.75, 3.05) is 23.4 Å². The number of rotatable bonds is 10. The van der Waals surface area contributed by atoms with Crippen molar-refractivity contribution in [3.63, 3.8) is 0 Å². The number of nitrogens with two attached hydrogens (primary N) is 1. The second-order valence-corrected chi connectivity index (χ2v) is 8.14. The van der Waals surface area contributed by atoms with Crippen molar-refractivity contribution in [2.24, 2.45) is 0 Å². The molecule has 0 atom stereocenters. The standard InChI is InChI=1S/C22H25N5O5S/c1-4-31-20(30)18-17(13(2)28)14(3)32-19(18)24-16(29)12-27-21(23)25-26-22(27)33-11-10-15-8-6-5-7-9-15/h5-9H,4,10-12H2,1-3H3,(H2,23,25)(H,24,29). The molecule has 1 amide bonds. The molecule has 33 heavy (non-hydrogen) atoms. The van der Waals surface area contributed by atoms with Crippen LogP contribution in [0.3, 0.4) is 0 Å². The number of anilines is 2. The quantitative estimate of drug-likeness (QED) is 0.259. The van der Waals surface area contributed by atoms with Gasteiger partial charge in [0.15, 0.2) is 10.9 Å². The monoisotopic (exact) mass is 471 g/mol. The van der Waals surface area contributed by atoms with Crippen LogP contribution in [0.25, 0.3) is 0 Å². The summed E-state index contributed by atoms with van der Waals surface area (Å²) in [4.78, 5) is 37.2. The number of carbonyl (C=O) groups is 3. The lowest BCUT2D eigenvalue weighted by Crippen LogP contribution is -2.22. The summed E-state index contributed by atoms with van der Waals surface area (Å²) in [6.45, 7) is 4.39. The number of ether oxygens (including phenoxy) is 1. The molecule has 0 aliphatic carbocycles. The Labute approximate surface area is 194 Å². The fourth-order valence-corrected chi connectivity index (χ4v) is 4.16.